The predicted molar refractivity (Wildman–Crippen MR) is 76.3 cm³/mol. The SMILES string of the molecule is CCN(C)CC(C)(N)C1C2CC3CC(C2)CC1C3. The molecule has 0 aromatic heterocycles. The Morgan fingerprint density at radius 1 is 1.06 bits per heavy atom. The molecule has 4 aliphatic rings. The van der Waals surface area contributed by atoms with Gasteiger partial charge in [0.05, 0.1) is 0 Å². The van der Waals surface area contributed by atoms with Crippen molar-refractivity contribution in [1.29, 1.82) is 0 Å². The highest BCUT2D eigenvalue weighted by molar-refractivity contribution is 5.06. The van der Waals surface area contributed by atoms with Crippen LogP contribution in [0, 0.1) is 29.6 Å². The summed E-state index contributed by atoms with van der Waals surface area (Å²) >= 11 is 0. The first kappa shape index (κ1) is 12.9. The van der Waals surface area contributed by atoms with E-state index >= 15 is 0 Å². The van der Waals surface area contributed by atoms with Crippen molar-refractivity contribution in [2.24, 2.45) is 35.3 Å². The van der Waals surface area contributed by atoms with Gasteiger partial charge in [0.1, 0.15) is 0 Å². The van der Waals surface area contributed by atoms with Crippen molar-refractivity contribution in [1.82, 2.24) is 4.90 Å². The van der Waals surface area contributed by atoms with Gasteiger partial charge in [0.15, 0.2) is 0 Å². The first-order valence-corrected chi connectivity index (χ1v) is 7.97. The molecule has 1 atom stereocenters. The number of likely N-dealkylation sites (N-methyl/N-ethyl adjacent to an activating group) is 1. The topological polar surface area (TPSA) is 29.3 Å². The molecule has 0 aliphatic heterocycles. The third-order valence-electron chi connectivity index (χ3n) is 6.14. The minimum absolute atomic E-state index is 0.0212. The lowest BCUT2D eigenvalue weighted by Crippen LogP contribution is -2.61. The van der Waals surface area contributed by atoms with Crippen LogP contribution in [-0.4, -0.2) is 30.6 Å². The highest BCUT2D eigenvalue weighted by Gasteiger charge is 2.53. The molecule has 4 rings (SSSR count). The maximum Gasteiger partial charge on any atom is 0.0288 e. The van der Waals surface area contributed by atoms with Crippen LogP contribution in [0.25, 0.3) is 0 Å². The number of rotatable bonds is 4. The highest BCUT2D eigenvalue weighted by Crippen LogP contribution is 2.58. The average molecular weight is 250 g/mol. The number of nitrogens with two attached hydrogens (primary N) is 1. The van der Waals surface area contributed by atoms with Gasteiger partial charge in [-0.05, 0) is 82.2 Å². The molecule has 2 N–H and O–H groups in total. The molecular weight excluding hydrogens is 220 g/mol. The summed E-state index contributed by atoms with van der Waals surface area (Å²) in [7, 11) is 2.21. The number of hydrogen-bond acceptors (Lipinski definition) is 2. The summed E-state index contributed by atoms with van der Waals surface area (Å²) in [5.41, 5.74) is 6.80. The highest BCUT2D eigenvalue weighted by atomic mass is 15.1. The third-order valence-corrected chi connectivity index (χ3v) is 6.14. The molecule has 0 saturated heterocycles. The van der Waals surface area contributed by atoms with Crippen LogP contribution in [0.1, 0.15) is 46.0 Å². The molecule has 0 aromatic carbocycles. The standard InChI is InChI=1S/C16H30N2/c1-4-18(3)10-16(2,17)15-13-6-11-5-12(8-13)9-14(15)7-11/h11-15H,4-10,17H2,1-3H3. The molecular formula is C16H30N2. The van der Waals surface area contributed by atoms with E-state index in [1.165, 1.54) is 32.1 Å². The van der Waals surface area contributed by atoms with Crippen LogP contribution in [0.3, 0.4) is 0 Å². The van der Waals surface area contributed by atoms with Crippen molar-refractivity contribution >= 4 is 0 Å². The van der Waals surface area contributed by atoms with E-state index in [0.29, 0.717) is 0 Å². The van der Waals surface area contributed by atoms with E-state index in [-0.39, 0.29) is 5.54 Å². The smallest absolute Gasteiger partial charge is 0.0288 e. The quantitative estimate of drug-likeness (QED) is 0.831. The molecule has 0 radical (unpaired) electrons. The number of hydrogen-bond donors (Lipinski definition) is 1. The Morgan fingerprint density at radius 2 is 1.56 bits per heavy atom. The molecule has 0 amide bonds. The molecule has 18 heavy (non-hydrogen) atoms. The fourth-order valence-electron chi connectivity index (χ4n) is 5.80. The normalized spacial score (nSPS) is 45.5. The summed E-state index contributed by atoms with van der Waals surface area (Å²) in [5.74, 6) is 4.80. The second-order valence-corrected chi connectivity index (χ2v) is 7.79. The fraction of sp³-hybridized carbons (Fsp3) is 1.00. The lowest BCUT2D eigenvalue weighted by Gasteiger charge is -2.59. The fourth-order valence-corrected chi connectivity index (χ4v) is 5.80. The molecule has 0 heterocycles. The second-order valence-electron chi connectivity index (χ2n) is 7.79. The van der Waals surface area contributed by atoms with Crippen molar-refractivity contribution in [2.45, 2.75) is 51.5 Å². The van der Waals surface area contributed by atoms with E-state index in [4.69, 9.17) is 5.73 Å². The van der Waals surface area contributed by atoms with E-state index < -0.39 is 0 Å². The summed E-state index contributed by atoms with van der Waals surface area (Å²) in [6.07, 6.45) is 7.48. The monoisotopic (exact) mass is 250 g/mol. The van der Waals surface area contributed by atoms with Gasteiger partial charge in [-0.25, -0.2) is 0 Å². The minimum atomic E-state index is 0.0212. The van der Waals surface area contributed by atoms with Crippen molar-refractivity contribution < 1.29 is 0 Å². The lowest BCUT2D eigenvalue weighted by atomic mass is 9.48. The summed E-state index contributed by atoms with van der Waals surface area (Å²) in [5, 5.41) is 0. The molecule has 1 unspecified atom stereocenters. The molecule has 0 aromatic rings. The van der Waals surface area contributed by atoms with Gasteiger partial charge in [-0.3, -0.25) is 0 Å². The molecule has 4 bridgehead atoms. The van der Waals surface area contributed by atoms with Crippen molar-refractivity contribution in [3.05, 3.63) is 0 Å². The van der Waals surface area contributed by atoms with Crippen LogP contribution in [0.5, 0.6) is 0 Å². The Kier molecular flexibility index (Phi) is 3.22. The van der Waals surface area contributed by atoms with Crippen molar-refractivity contribution in [2.75, 3.05) is 20.1 Å². The molecule has 0 spiro atoms. The van der Waals surface area contributed by atoms with Crippen LogP contribution in [0.4, 0.5) is 0 Å². The summed E-state index contributed by atoms with van der Waals surface area (Å²) in [6, 6.07) is 0. The Labute approximate surface area is 112 Å². The van der Waals surface area contributed by atoms with Gasteiger partial charge in [0.25, 0.3) is 0 Å². The van der Waals surface area contributed by atoms with Crippen LogP contribution >= 0.6 is 0 Å². The van der Waals surface area contributed by atoms with E-state index in [1.807, 2.05) is 0 Å². The zero-order chi connectivity index (χ0) is 12.9. The molecule has 104 valence electrons. The lowest BCUT2D eigenvalue weighted by molar-refractivity contribution is -0.0705. The van der Waals surface area contributed by atoms with E-state index in [9.17, 15) is 0 Å². The summed E-state index contributed by atoms with van der Waals surface area (Å²) in [6.45, 7) is 6.73. The molecule has 2 nitrogen and oxygen atoms in total. The Hall–Kier alpha value is -0.0800. The molecule has 4 aliphatic carbocycles. The Bertz CT molecular complexity index is 282. The molecule has 4 fully saturated rings. The first-order valence-electron chi connectivity index (χ1n) is 7.97. The van der Waals surface area contributed by atoms with Gasteiger partial charge in [-0.1, -0.05) is 6.92 Å². The van der Waals surface area contributed by atoms with Gasteiger partial charge < -0.3 is 10.6 Å². The zero-order valence-electron chi connectivity index (χ0n) is 12.4. The molecule has 4 saturated carbocycles. The summed E-state index contributed by atoms with van der Waals surface area (Å²) < 4.78 is 0. The van der Waals surface area contributed by atoms with E-state index in [1.54, 1.807) is 0 Å². The predicted octanol–water partition coefficient (Wildman–Crippen LogP) is 2.73. The summed E-state index contributed by atoms with van der Waals surface area (Å²) in [4.78, 5) is 2.39. The zero-order valence-corrected chi connectivity index (χ0v) is 12.4. The maximum atomic E-state index is 6.78. The maximum absolute atomic E-state index is 6.78. The van der Waals surface area contributed by atoms with Gasteiger partial charge >= 0.3 is 0 Å². The Morgan fingerprint density at radius 3 is 2.00 bits per heavy atom. The van der Waals surface area contributed by atoms with Gasteiger partial charge in [-0.15, -0.1) is 0 Å². The van der Waals surface area contributed by atoms with E-state index in [2.05, 4.69) is 25.8 Å². The third kappa shape index (κ3) is 2.12. The van der Waals surface area contributed by atoms with Gasteiger partial charge in [0, 0.05) is 12.1 Å². The van der Waals surface area contributed by atoms with Crippen LogP contribution in [-0.2, 0) is 0 Å². The van der Waals surface area contributed by atoms with Crippen molar-refractivity contribution in [3.63, 3.8) is 0 Å². The van der Waals surface area contributed by atoms with Gasteiger partial charge in [0.2, 0.25) is 0 Å². The van der Waals surface area contributed by atoms with Crippen LogP contribution < -0.4 is 5.73 Å². The first-order chi connectivity index (χ1) is 8.49. The van der Waals surface area contributed by atoms with E-state index in [0.717, 1.165) is 42.7 Å². The molecule has 2 heteroatoms. The van der Waals surface area contributed by atoms with Crippen molar-refractivity contribution in [3.8, 4) is 0 Å². The van der Waals surface area contributed by atoms with Gasteiger partial charge in [-0.2, -0.15) is 0 Å². The average Bonchev–Trinajstić information content (AvgIpc) is 2.26. The van der Waals surface area contributed by atoms with Crippen LogP contribution in [0.15, 0.2) is 0 Å². The minimum Gasteiger partial charge on any atom is -0.324 e. The number of nitrogens with zero attached hydrogens (tertiary/aromatic N) is 1. The second kappa shape index (κ2) is 4.49. The van der Waals surface area contributed by atoms with Crippen LogP contribution in [0.2, 0.25) is 0 Å². The Balaban J connectivity index is 1.75. The largest absolute Gasteiger partial charge is 0.324 e.